The third-order valence-electron chi connectivity index (χ3n) is 4.02. The van der Waals surface area contributed by atoms with Crippen molar-refractivity contribution in [1.82, 2.24) is 5.32 Å². The zero-order valence-corrected chi connectivity index (χ0v) is 10.4. The highest BCUT2D eigenvalue weighted by atomic mass is 19.1. The summed E-state index contributed by atoms with van der Waals surface area (Å²) in [6, 6.07) is 6.86. The molecule has 17 heavy (non-hydrogen) atoms. The molecule has 0 radical (unpaired) electrons. The summed E-state index contributed by atoms with van der Waals surface area (Å²) in [6.07, 6.45) is 2.38. The van der Waals surface area contributed by atoms with Crippen molar-refractivity contribution in [3.63, 3.8) is 0 Å². The molecule has 3 atom stereocenters. The lowest BCUT2D eigenvalue weighted by molar-refractivity contribution is 0.0804. The summed E-state index contributed by atoms with van der Waals surface area (Å²) >= 11 is 0. The second-order valence-electron chi connectivity index (χ2n) is 4.98. The molecule has 2 nitrogen and oxygen atoms in total. The molecule has 1 aliphatic rings. The number of aliphatic hydroxyl groups is 1. The van der Waals surface area contributed by atoms with Gasteiger partial charge in [-0.05, 0) is 43.9 Å². The van der Waals surface area contributed by atoms with E-state index in [1.165, 1.54) is 6.07 Å². The first-order valence-electron chi connectivity index (χ1n) is 6.28. The van der Waals surface area contributed by atoms with E-state index < -0.39 is 0 Å². The second kappa shape index (κ2) is 4.75. The SMILES string of the molecule is CC[C@@]1(C(C)O)CCC(c2cccc(F)c2)N1. The average molecular weight is 237 g/mol. The summed E-state index contributed by atoms with van der Waals surface area (Å²) in [6.45, 7) is 3.90. The van der Waals surface area contributed by atoms with Gasteiger partial charge in [0.1, 0.15) is 5.82 Å². The Morgan fingerprint density at radius 2 is 2.35 bits per heavy atom. The Balaban J connectivity index is 2.17. The van der Waals surface area contributed by atoms with Crippen molar-refractivity contribution in [2.45, 2.75) is 50.8 Å². The molecular formula is C14H20FNO. The van der Waals surface area contributed by atoms with Crippen molar-refractivity contribution in [3.8, 4) is 0 Å². The van der Waals surface area contributed by atoms with Crippen molar-refractivity contribution in [2.75, 3.05) is 0 Å². The van der Waals surface area contributed by atoms with E-state index >= 15 is 0 Å². The maximum Gasteiger partial charge on any atom is 0.123 e. The lowest BCUT2D eigenvalue weighted by atomic mass is 9.89. The van der Waals surface area contributed by atoms with Crippen LogP contribution in [0.25, 0.3) is 0 Å². The third kappa shape index (κ3) is 2.35. The van der Waals surface area contributed by atoms with Gasteiger partial charge in [-0.25, -0.2) is 4.39 Å². The molecule has 2 N–H and O–H groups in total. The highest BCUT2D eigenvalue weighted by Gasteiger charge is 2.41. The van der Waals surface area contributed by atoms with Crippen LogP contribution in [0, 0.1) is 5.82 Å². The van der Waals surface area contributed by atoms with Gasteiger partial charge in [0.05, 0.1) is 6.10 Å². The topological polar surface area (TPSA) is 32.3 Å². The molecule has 94 valence electrons. The van der Waals surface area contributed by atoms with Crippen molar-refractivity contribution >= 4 is 0 Å². The molecule has 1 aromatic carbocycles. The minimum Gasteiger partial charge on any atom is -0.391 e. The number of nitrogens with one attached hydrogen (secondary N) is 1. The van der Waals surface area contributed by atoms with Gasteiger partial charge in [-0.2, -0.15) is 0 Å². The van der Waals surface area contributed by atoms with Crippen LogP contribution in [0.1, 0.15) is 44.7 Å². The third-order valence-corrected chi connectivity index (χ3v) is 4.02. The first-order valence-corrected chi connectivity index (χ1v) is 6.28. The number of benzene rings is 1. The number of hydrogen-bond acceptors (Lipinski definition) is 2. The summed E-state index contributed by atoms with van der Waals surface area (Å²) < 4.78 is 13.2. The monoisotopic (exact) mass is 237 g/mol. The Labute approximate surface area is 102 Å². The van der Waals surface area contributed by atoms with Gasteiger partial charge in [0.2, 0.25) is 0 Å². The molecule has 2 unspecified atom stereocenters. The fraction of sp³-hybridized carbons (Fsp3) is 0.571. The molecular weight excluding hydrogens is 217 g/mol. The Kier molecular flexibility index (Phi) is 3.50. The minimum atomic E-state index is -0.383. The molecule has 2 rings (SSSR count). The van der Waals surface area contributed by atoms with Crippen molar-refractivity contribution in [2.24, 2.45) is 0 Å². The highest BCUT2D eigenvalue weighted by molar-refractivity contribution is 5.22. The molecule has 1 aromatic rings. The smallest absolute Gasteiger partial charge is 0.123 e. The molecule has 0 saturated carbocycles. The summed E-state index contributed by atoms with van der Waals surface area (Å²) in [5.41, 5.74) is 0.762. The van der Waals surface area contributed by atoms with Crippen LogP contribution < -0.4 is 5.32 Å². The molecule has 1 saturated heterocycles. The van der Waals surface area contributed by atoms with E-state index in [0.29, 0.717) is 0 Å². The quantitative estimate of drug-likeness (QED) is 0.847. The molecule has 1 fully saturated rings. The van der Waals surface area contributed by atoms with E-state index in [1.54, 1.807) is 12.1 Å². The molecule has 0 amide bonds. The predicted octanol–water partition coefficient (Wildman–Crippen LogP) is 2.78. The van der Waals surface area contributed by atoms with E-state index in [0.717, 1.165) is 24.8 Å². The van der Waals surface area contributed by atoms with Gasteiger partial charge < -0.3 is 10.4 Å². The zero-order valence-electron chi connectivity index (χ0n) is 10.4. The van der Waals surface area contributed by atoms with Crippen molar-refractivity contribution < 1.29 is 9.50 Å². The van der Waals surface area contributed by atoms with Crippen LogP contribution >= 0.6 is 0 Å². The normalized spacial score (nSPS) is 30.5. The number of aliphatic hydroxyl groups excluding tert-OH is 1. The van der Waals surface area contributed by atoms with Crippen LogP contribution in [0.3, 0.4) is 0 Å². The molecule has 1 heterocycles. The van der Waals surface area contributed by atoms with Crippen LogP contribution in [0.2, 0.25) is 0 Å². The van der Waals surface area contributed by atoms with E-state index in [9.17, 15) is 9.50 Å². The van der Waals surface area contributed by atoms with E-state index in [1.807, 2.05) is 13.0 Å². The van der Waals surface area contributed by atoms with Crippen LogP contribution in [-0.2, 0) is 0 Å². The fourth-order valence-corrected chi connectivity index (χ4v) is 2.77. The molecule has 1 aliphatic heterocycles. The second-order valence-corrected chi connectivity index (χ2v) is 4.98. The summed E-state index contributed by atoms with van der Waals surface area (Å²) in [7, 11) is 0. The minimum absolute atomic E-state index is 0.153. The number of hydrogen-bond donors (Lipinski definition) is 2. The molecule has 0 aromatic heterocycles. The first-order chi connectivity index (χ1) is 8.07. The van der Waals surface area contributed by atoms with E-state index in [-0.39, 0.29) is 23.5 Å². The Morgan fingerprint density at radius 3 is 2.88 bits per heavy atom. The van der Waals surface area contributed by atoms with Gasteiger partial charge >= 0.3 is 0 Å². The maximum absolute atomic E-state index is 13.2. The first kappa shape index (κ1) is 12.5. The maximum atomic E-state index is 13.2. The van der Waals surface area contributed by atoms with Crippen LogP contribution in [-0.4, -0.2) is 16.7 Å². The standard InChI is InChI=1S/C14H20FNO/c1-3-14(10(2)17)8-7-13(16-14)11-5-4-6-12(15)9-11/h4-6,9-10,13,16-17H,3,7-8H2,1-2H3/t10?,13?,14-/m0/s1. The van der Waals surface area contributed by atoms with Gasteiger partial charge in [-0.3, -0.25) is 0 Å². The fourth-order valence-electron chi connectivity index (χ4n) is 2.77. The molecule has 0 spiro atoms. The summed E-state index contributed by atoms with van der Waals surface area (Å²) in [4.78, 5) is 0. The van der Waals surface area contributed by atoms with Gasteiger partial charge in [0.15, 0.2) is 0 Å². The summed E-state index contributed by atoms with van der Waals surface area (Å²) in [5.74, 6) is -0.199. The lowest BCUT2D eigenvalue weighted by Crippen LogP contribution is -2.49. The Bertz CT molecular complexity index is 394. The lowest BCUT2D eigenvalue weighted by Gasteiger charge is -2.32. The predicted molar refractivity (Wildman–Crippen MR) is 66.2 cm³/mol. The zero-order chi connectivity index (χ0) is 12.5. The highest BCUT2D eigenvalue weighted by Crippen LogP contribution is 2.37. The van der Waals surface area contributed by atoms with Crippen LogP contribution in [0.15, 0.2) is 24.3 Å². The average Bonchev–Trinajstić information content (AvgIpc) is 2.74. The van der Waals surface area contributed by atoms with Crippen LogP contribution in [0.4, 0.5) is 4.39 Å². The van der Waals surface area contributed by atoms with Gasteiger partial charge in [-0.1, -0.05) is 19.1 Å². The Morgan fingerprint density at radius 1 is 1.59 bits per heavy atom. The van der Waals surface area contributed by atoms with Gasteiger partial charge in [0, 0.05) is 11.6 Å². The summed E-state index contributed by atoms with van der Waals surface area (Å²) in [5, 5.41) is 13.4. The Hall–Kier alpha value is -0.930. The van der Waals surface area contributed by atoms with E-state index in [4.69, 9.17) is 0 Å². The van der Waals surface area contributed by atoms with Crippen molar-refractivity contribution in [3.05, 3.63) is 35.6 Å². The van der Waals surface area contributed by atoms with Gasteiger partial charge in [-0.15, -0.1) is 0 Å². The van der Waals surface area contributed by atoms with Gasteiger partial charge in [0.25, 0.3) is 0 Å². The van der Waals surface area contributed by atoms with E-state index in [2.05, 4.69) is 12.2 Å². The molecule has 0 bridgehead atoms. The van der Waals surface area contributed by atoms with Crippen LogP contribution in [0.5, 0.6) is 0 Å². The molecule has 0 aliphatic carbocycles. The molecule has 3 heteroatoms. The number of halogens is 1. The van der Waals surface area contributed by atoms with Crippen molar-refractivity contribution in [1.29, 1.82) is 0 Å². The largest absolute Gasteiger partial charge is 0.391 e. The number of rotatable bonds is 3.